The van der Waals surface area contributed by atoms with Crippen molar-refractivity contribution in [3.8, 4) is 0 Å². The van der Waals surface area contributed by atoms with Crippen LogP contribution in [0.1, 0.15) is 16.8 Å². The SMILES string of the molecule is O=C1CCN(C(=O)Nc2ccc(C(=O)O)cc2Br)CCN1. The van der Waals surface area contributed by atoms with Gasteiger partial charge in [-0.05, 0) is 34.1 Å². The molecule has 0 radical (unpaired) electrons. The molecule has 0 bridgehead atoms. The molecule has 1 aromatic rings. The predicted molar refractivity (Wildman–Crippen MR) is 79.3 cm³/mol. The zero-order chi connectivity index (χ0) is 15.4. The van der Waals surface area contributed by atoms with Crippen LogP contribution in [0.2, 0.25) is 0 Å². The summed E-state index contributed by atoms with van der Waals surface area (Å²) in [5, 5.41) is 14.3. The van der Waals surface area contributed by atoms with E-state index in [4.69, 9.17) is 5.11 Å². The third-order valence-corrected chi connectivity index (χ3v) is 3.71. The molecule has 0 saturated carbocycles. The van der Waals surface area contributed by atoms with Crippen molar-refractivity contribution in [2.24, 2.45) is 0 Å². The van der Waals surface area contributed by atoms with Crippen molar-refractivity contribution >= 4 is 39.5 Å². The molecule has 3 N–H and O–H groups in total. The largest absolute Gasteiger partial charge is 0.478 e. The van der Waals surface area contributed by atoms with E-state index in [0.29, 0.717) is 29.8 Å². The number of rotatable bonds is 2. The first-order chi connectivity index (χ1) is 9.97. The number of nitrogens with one attached hydrogen (secondary N) is 2. The summed E-state index contributed by atoms with van der Waals surface area (Å²) in [6.07, 6.45) is 0.270. The van der Waals surface area contributed by atoms with Gasteiger partial charge in [0.1, 0.15) is 0 Å². The Labute approximate surface area is 129 Å². The van der Waals surface area contributed by atoms with Crippen LogP contribution < -0.4 is 10.6 Å². The zero-order valence-electron chi connectivity index (χ0n) is 11.1. The Bertz CT molecular complexity index is 591. The van der Waals surface area contributed by atoms with E-state index in [0.717, 1.165) is 0 Å². The van der Waals surface area contributed by atoms with E-state index in [2.05, 4.69) is 26.6 Å². The maximum absolute atomic E-state index is 12.1. The number of carboxylic acid groups (broad SMARTS) is 1. The number of carbonyl (C=O) groups excluding carboxylic acids is 2. The van der Waals surface area contributed by atoms with Crippen LogP contribution in [0.3, 0.4) is 0 Å². The molecule has 0 aliphatic carbocycles. The molecule has 1 aromatic carbocycles. The van der Waals surface area contributed by atoms with E-state index < -0.39 is 5.97 Å². The molecule has 1 aliphatic rings. The number of hydrogen-bond donors (Lipinski definition) is 3. The summed E-state index contributed by atoms with van der Waals surface area (Å²) in [4.78, 5) is 35.8. The normalized spacial score (nSPS) is 15.1. The highest BCUT2D eigenvalue weighted by atomic mass is 79.9. The first kappa shape index (κ1) is 15.3. The number of nitrogens with zero attached hydrogens (tertiary/aromatic N) is 1. The number of benzene rings is 1. The molecule has 0 aromatic heterocycles. The van der Waals surface area contributed by atoms with Crippen molar-refractivity contribution in [3.63, 3.8) is 0 Å². The van der Waals surface area contributed by atoms with Crippen molar-refractivity contribution in [2.45, 2.75) is 6.42 Å². The standard InChI is InChI=1S/C13H14BrN3O4/c14-9-7-8(12(19)20)1-2-10(9)16-13(21)17-5-3-11(18)15-4-6-17/h1-2,7H,3-6H2,(H,15,18)(H,16,21)(H,19,20). The van der Waals surface area contributed by atoms with Crippen LogP contribution in [0.5, 0.6) is 0 Å². The van der Waals surface area contributed by atoms with Crippen molar-refractivity contribution in [2.75, 3.05) is 25.0 Å². The smallest absolute Gasteiger partial charge is 0.335 e. The van der Waals surface area contributed by atoms with Gasteiger partial charge in [-0.3, -0.25) is 4.79 Å². The van der Waals surface area contributed by atoms with Crippen LogP contribution in [-0.2, 0) is 4.79 Å². The van der Waals surface area contributed by atoms with Gasteiger partial charge >= 0.3 is 12.0 Å². The number of hydrogen-bond acceptors (Lipinski definition) is 3. The van der Waals surface area contributed by atoms with E-state index in [1.54, 1.807) is 0 Å². The highest BCUT2D eigenvalue weighted by Crippen LogP contribution is 2.24. The van der Waals surface area contributed by atoms with Crippen molar-refractivity contribution in [1.29, 1.82) is 0 Å². The lowest BCUT2D eigenvalue weighted by atomic mass is 10.2. The van der Waals surface area contributed by atoms with E-state index >= 15 is 0 Å². The zero-order valence-corrected chi connectivity index (χ0v) is 12.6. The van der Waals surface area contributed by atoms with Crippen LogP contribution in [0.25, 0.3) is 0 Å². The van der Waals surface area contributed by atoms with Crippen LogP contribution in [0, 0.1) is 0 Å². The van der Waals surface area contributed by atoms with Gasteiger partial charge in [-0.1, -0.05) is 0 Å². The van der Waals surface area contributed by atoms with Gasteiger partial charge in [0.2, 0.25) is 5.91 Å². The molecule has 1 saturated heterocycles. The molecular weight excluding hydrogens is 342 g/mol. The molecule has 1 fully saturated rings. The fraction of sp³-hybridized carbons (Fsp3) is 0.308. The second kappa shape index (κ2) is 6.57. The minimum absolute atomic E-state index is 0.0720. The quantitative estimate of drug-likeness (QED) is 0.748. The van der Waals surface area contributed by atoms with Gasteiger partial charge < -0.3 is 20.6 Å². The molecule has 8 heteroatoms. The first-order valence-electron chi connectivity index (χ1n) is 6.33. The molecule has 0 spiro atoms. The summed E-state index contributed by atoms with van der Waals surface area (Å²) in [5.41, 5.74) is 0.609. The van der Waals surface area contributed by atoms with E-state index in [-0.39, 0.29) is 23.9 Å². The van der Waals surface area contributed by atoms with Crippen LogP contribution in [-0.4, -0.2) is 47.5 Å². The number of carbonyl (C=O) groups is 3. The fourth-order valence-corrected chi connectivity index (χ4v) is 2.39. The predicted octanol–water partition coefficient (Wildman–Crippen LogP) is 1.50. The molecule has 0 atom stereocenters. The topological polar surface area (TPSA) is 98.7 Å². The average Bonchev–Trinajstić information content (AvgIpc) is 2.65. The van der Waals surface area contributed by atoms with Gasteiger partial charge in [0.05, 0.1) is 11.3 Å². The van der Waals surface area contributed by atoms with Gasteiger partial charge in [-0.15, -0.1) is 0 Å². The summed E-state index contributed by atoms with van der Waals surface area (Å²) in [7, 11) is 0. The Morgan fingerprint density at radius 1 is 1.33 bits per heavy atom. The molecule has 7 nitrogen and oxygen atoms in total. The van der Waals surface area contributed by atoms with Gasteiger partial charge in [-0.25, -0.2) is 9.59 Å². The average molecular weight is 356 g/mol. The number of halogens is 1. The maximum Gasteiger partial charge on any atom is 0.335 e. The fourth-order valence-electron chi connectivity index (χ4n) is 1.91. The van der Waals surface area contributed by atoms with Gasteiger partial charge in [-0.2, -0.15) is 0 Å². The third-order valence-electron chi connectivity index (χ3n) is 3.06. The van der Waals surface area contributed by atoms with Crippen molar-refractivity contribution in [1.82, 2.24) is 10.2 Å². The number of aromatic carboxylic acids is 1. The van der Waals surface area contributed by atoms with Crippen molar-refractivity contribution in [3.05, 3.63) is 28.2 Å². The third kappa shape index (κ3) is 3.94. The second-order valence-electron chi connectivity index (χ2n) is 4.52. The summed E-state index contributed by atoms with van der Waals surface area (Å²) in [6.45, 7) is 1.20. The van der Waals surface area contributed by atoms with E-state index in [1.807, 2.05) is 0 Å². The van der Waals surface area contributed by atoms with Crippen LogP contribution in [0.15, 0.2) is 22.7 Å². The van der Waals surface area contributed by atoms with Crippen LogP contribution >= 0.6 is 15.9 Å². The Balaban J connectivity index is 2.05. The molecule has 112 valence electrons. The lowest BCUT2D eigenvalue weighted by Crippen LogP contribution is -2.37. The van der Waals surface area contributed by atoms with Crippen molar-refractivity contribution < 1.29 is 19.5 Å². The molecule has 0 unspecified atom stereocenters. The number of urea groups is 1. The highest BCUT2D eigenvalue weighted by molar-refractivity contribution is 9.10. The Kier molecular flexibility index (Phi) is 4.79. The minimum atomic E-state index is -1.04. The van der Waals surface area contributed by atoms with E-state index in [9.17, 15) is 14.4 Å². The molecule has 1 heterocycles. The molecule has 1 aliphatic heterocycles. The highest BCUT2D eigenvalue weighted by Gasteiger charge is 2.19. The summed E-state index contributed by atoms with van der Waals surface area (Å²) >= 11 is 3.23. The lowest BCUT2D eigenvalue weighted by molar-refractivity contribution is -0.120. The summed E-state index contributed by atoms with van der Waals surface area (Å²) in [5.74, 6) is -1.11. The molecule has 3 amide bonds. The van der Waals surface area contributed by atoms with Crippen LogP contribution in [0.4, 0.5) is 10.5 Å². The minimum Gasteiger partial charge on any atom is -0.478 e. The molecule has 21 heavy (non-hydrogen) atoms. The number of carboxylic acids is 1. The maximum atomic E-state index is 12.1. The van der Waals surface area contributed by atoms with Gasteiger partial charge in [0.15, 0.2) is 0 Å². The summed E-state index contributed by atoms with van der Waals surface area (Å²) in [6, 6.07) is 4.03. The van der Waals surface area contributed by atoms with Gasteiger partial charge in [0.25, 0.3) is 0 Å². The summed E-state index contributed by atoms with van der Waals surface area (Å²) < 4.78 is 0.486. The number of anilines is 1. The van der Waals surface area contributed by atoms with Gasteiger partial charge in [0, 0.05) is 30.5 Å². The van der Waals surface area contributed by atoms with E-state index in [1.165, 1.54) is 23.1 Å². The second-order valence-corrected chi connectivity index (χ2v) is 5.37. The monoisotopic (exact) mass is 355 g/mol. The molecule has 2 rings (SSSR count). The Morgan fingerprint density at radius 2 is 2.10 bits per heavy atom. The molecular formula is C13H14BrN3O4. The number of amides is 3. The Hall–Kier alpha value is -2.09. The lowest BCUT2D eigenvalue weighted by Gasteiger charge is -2.20. The Morgan fingerprint density at radius 3 is 2.76 bits per heavy atom. The first-order valence-corrected chi connectivity index (χ1v) is 7.12.